The molecule has 0 aromatic carbocycles. The van der Waals surface area contributed by atoms with Crippen molar-refractivity contribution in [1.29, 1.82) is 0 Å². The highest BCUT2D eigenvalue weighted by atomic mass is 32.1. The van der Waals surface area contributed by atoms with Gasteiger partial charge in [-0.2, -0.15) is 18.3 Å². The minimum absolute atomic E-state index is 0.130. The number of nitrogens with one attached hydrogen (secondary N) is 2. The van der Waals surface area contributed by atoms with Crippen LogP contribution in [-0.4, -0.2) is 29.2 Å². The van der Waals surface area contributed by atoms with E-state index < -0.39 is 29.4 Å². The number of H-pyrrole nitrogens is 1. The quantitative estimate of drug-likeness (QED) is 0.846. The van der Waals surface area contributed by atoms with Gasteiger partial charge in [-0.05, 0) is 13.0 Å². The molecule has 0 fully saturated rings. The molecular weight excluding hydrogens is 323 g/mol. The maximum atomic E-state index is 12.4. The van der Waals surface area contributed by atoms with Gasteiger partial charge in [0.1, 0.15) is 10.7 Å². The van der Waals surface area contributed by atoms with Crippen LogP contribution in [0.5, 0.6) is 0 Å². The molecule has 6 nitrogen and oxygen atoms in total. The number of amides is 1. The number of ether oxygens (including phenoxy) is 1. The van der Waals surface area contributed by atoms with Gasteiger partial charge in [-0.1, -0.05) is 0 Å². The molecule has 0 unspecified atom stereocenters. The molecule has 0 aliphatic carbocycles. The predicted molar refractivity (Wildman–Crippen MR) is 71.9 cm³/mol. The molecule has 10 heteroatoms. The second-order valence-corrected chi connectivity index (χ2v) is 5.47. The summed E-state index contributed by atoms with van der Waals surface area (Å²) in [5, 5.41) is 7.60. The molecule has 1 amide bonds. The van der Waals surface area contributed by atoms with Crippen molar-refractivity contribution in [3.05, 3.63) is 34.0 Å². The highest BCUT2D eigenvalue weighted by Crippen LogP contribution is 2.30. The second kappa shape index (κ2) is 5.79. The average molecular weight is 333 g/mol. The number of aromatic nitrogens is 2. The van der Waals surface area contributed by atoms with Crippen LogP contribution in [0.2, 0.25) is 0 Å². The molecule has 2 rings (SSSR count). The molecule has 22 heavy (non-hydrogen) atoms. The van der Waals surface area contributed by atoms with E-state index >= 15 is 0 Å². The second-order valence-electron chi connectivity index (χ2n) is 4.21. The Labute approximate surface area is 126 Å². The molecule has 0 aliphatic rings. The number of alkyl halides is 3. The lowest BCUT2D eigenvalue weighted by molar-refractivity contribution is -0.141. The Morgan fingerprint density at radius 3 is 2.59 bits per heavy atom. The summed E-state index contributed by atoms with van der Waals surface area (Å²) in [6.07, 6.45) is -4.62. The smallest absolute Gasteiger partial charge is 0.432 e. The van der Waals surface area contributed by atoms with Gasteiger partial charge < -0.3 is 10.1 Å². The molecule has 0 saturated heterocycles. The molecule has 118 valence electrons. The maximum absolute atomic E-state index is 12.4. The van der Waals surface area contributed by atoms with E-state index in [1.54, 1.807) is 12.0 Å². The van der Waals surface area contributed by atoms with Gasteiger partial charge in [0, 0.05) is 10.9 Å². The zero-order valence-electron chi connectivity index (χ0n) is 11.4. The number of anilines is 1. The molecule has 2 N–H and O–H groups in total. The standard InChI is InChI=1S/C12H10F3N3O3S/c1-5-3-6(11(20)21-2)10(22-5)16-9(19)7-4-8(18-17-7)12(13,14)15/h3-4H,1-2H3,(H,16,19)(H,17,18). The van der Waals surface area contributed by atoms with Crippen LogP contribution in [0.15, 0.2) is 12.1 Å². The minimum atomic E-state index is -4.62. The maximum Gasteiger partial charge on any atom is 0.432 e. The highest BCUT2D eigenvalue weighted by molar-refractivity contribution is 7.16. The average Bonchev–Trinajstić information content (AvgIpc) is 3.04. The molecule has 0 bridgehead atoms. The van der Waals surface area contributed by atoms with E-state index in [0.717, 1.165) is 16.2 Å². The summed E-state index contributed by atoms with van der Waals surface area (Å²) in [4.78, 5) is 24.2. The third-order valence-corrected chi connectivity index (χ3v) is 3.57. The van der Waals surface area contributed by atoms with Crippen molar-refractivity contribution in [1.82, 2.24) is 10.2 Å². The fraction of sp³-hybridized carbons (Fsp3) is 0.250. The van der Waals surface area contributed by atoms with Gasteiger partial charge in [-0.3, -0.25) is 9.89 Å². The van der Waals surface area contributed by atoms with Crippen LogP contribution in [0.1, 0.15) is 31.4 Å². The Balaban J connectivity index is 2.23. The van der Waals surface area contributed by atoms with Crippen molar-refractivity contribution in [2.24, 2.45) is 0 Å². The Kier molecular flexibility index (Phi) is 4.22. The number of carbonyl (C=O) groups is 2. The van der Waals surface area contributed by atoms with E-state index in [1.165, 1.54) is 13.2 Å². The monoisotopic (exact) mass is 333 g/mol. The van der Waals surface area contributed by atoms with Gasteiger partial charge in [-0.15, -0.1) is 11.3 Å². The first-order valence-electron chi connectivity index (χ1n) is 5.85. The van der Waals surface area contributed by atoms with E-state index in [0.29, 0.717) is 6.07 Å². The number of rotatable bonds is 3. The molecule has 0 atom stereocenters. The number of hydrogen-bond donors (Lipinski definition) is 2. The van der Waals surface area contributed by atoms with Gasteiger partial charge in [0.05, 0.1) is 12.7 Å². The van der Waals surface area contributed by atoms with Crippen molar-refractivity contribution in [2.75, 3.05) is 12.4 Å². The van der Waals surface area contributed by atoms with E-state index in [4.69, 9.17) is 0 Å². The largest absolute Gasteiger partial charge is 0.465 e. The van der Waals surface area contributed by atoms with Crippen LogP contribution < -0.4 is 5.32 Å². The van der Waals surface area contributed by atoms with Gasteiger partial charge in [-0.25, -0.2) is 4.79 Å². The zero-order chi connectivity index (χ0) is 16.5. The number of aromatic amines is 1. The molecule has 2 heterocycles. The van der Waals surface area contributed by atoms with E-state index in [-0.39, 0.29) is 10.6 Å². The van der Waals surface area contributed by atoms with Crippen molar-refractivity contribution in [2.45, 2.75) is 13.1 Å². The summed E-state index contributed by atoms with van der Waals surface area (Å²) in [5.41, 5.74) is -1.44. The first-order valence-corrected chi connectivity index (χ1v) is 6.66. The van der Waals surface area contributed by atoms with Crippen molar-refractivity contribution < 1.29 is 27.5 Å². The topological polar surface area (TPSA) is 84.1 Å². The van der Waals surface area contributed by atoms with Crippen LogP contribution in [0.3, 0.4) is 0 Å². The van der Waals surface area contributed by atoms with Crippen LogP contribution in [-0.2, 0) is 10.9 Å². The molecule has 0 spiro atoms. The van der Waals surface area contributed by atoms with E-state index in [9.17, 15) is 22.8 Å². The number of nitrogens with zero attached hydrogens (tertiary/aromatic N) is 1. The first-order chi connectivity index (χ1) is 10.2. The highest BCUT2D eigenvalue weighted by Gasteiger charge is 2.34. The minimum Gasteiger partial charge on any atom is -0.465 e. The lowest BCUT2D eigenvalue weighted by Crippen LogP contribution is -2.14. The number of methoxy groups -OCH3 is 1. The zero-order valence-corrected chi connectivity index (χ0v) is 12.2. The molecular formula is C12H10F3N3O3S. The normalized spacial score (nSPS) is 11.3. The lowest BCUT2D eigenvalue weighted by atomic mass is 10.3. The fourth-order valence-electron chi connectivity index (χ4n) is 1.62. The van der Waals surface area contributed by atoms with Crippen molar-refractivity contribution in [3.63, 3.8) is 0 Å². The third kappa shape index (κ3) is 3.27. The van der Waals surface area contributed by atoms with E-state index in [2.05, 4.69) is 15.2 Å². The Hall–Kier alpha value is -2.36. The van der Waals surface area contributed by atoms with Crippen LogP contribution in [0, 0.1) is 6.92 Å². The van der Waals surface area contributed by atoms with Crippen molar-refractivity contribution >= 4 is 28.2 Å². The predicted octanol–water partition coefficient (Wildman–Crippen LogP) is 2.84. The molecule has 0 aliphatic heterocycles. The SMILES string of the molecule is COC(=O)c1cc(C)sc1NC(=O)c1cc(C(F)(F)F)[nH]n1. The van der Waals surface area contributed by atoms with Crippen molar-refractivity contribution in [3.8, 4) is 0 Å². The van der Waals surface area contributed by atoms with E-state index in [1.807, 2.05) is 0 Å². The van der Waals surface area contributed by atoms with Crippen LogP contribution in [0.25, 0.3) is 0 Å². The summed E-state index contributed by atoms with van der Waals surface area (Å²) < 4.78 is 41.9. The van der Waals surface area contributed by atoms with Gasteiger partial charge in [0.15, 0.2) is 5.69 Å². The van der Waals surface area contributed by atoms with Crippen LogP contribution >= 0.6 is 11.3 Å². The number of halogens is 3. The Morgan fingerprint density at radius 2 is 2.05 bits per heavy atom. The molecule has 2 aromatic heterocycles. The van der Waals surface area contributed by atoms with Crippen LogP contribution in [0.4, 0.5) is 18.2 Å². The molecule has 2 aromatic rings. The summed E-state index contributed by atoms with van der Waals surface area (Å²) >= 11 is 1.10. The number of thiophene rings is 1. The number of aryl methyl sites for hydroxylation is 1. The summed E-state index contributed by atoms with van der Waals surface area (Å²) in [6, 6.07) is 2.10. The summed E-state index contributed by atoms with van der Waals surface area (Å²) in [6.45, 7) is 1.71. The molecule has 0 radical (unpaired) electrons. The number of carbonyl (C=O) groups excluding carboxylic acids is 2. The first kappa shape index (κ1) is 16.0. The fourth-order valence-corrected chi connectivity index (χ4v) is 2.51. The number of esters is 1. The molecule has 0 saturated carbocycles. The summed E-state index contributed by atoms with van der Waals surface area (Å²) in [5.74, 6) is -1.52. The lowest BCUT2D eigenvalue weighted by Gasteiger charge is -2.03. The Bertz CT molecular complexity index is 721. The number of hydrogen-bond acceptors (Lipinski definition) is 5. The Morgan fingerprint density at radius 1 is 1.36 bits per heavy atom. The van der Waals surface area contributed by atoms with Gasteiger partial charge >= 0.3 is 12.1 Å². The third-order valence-electron chi connectivity index (χ3n) is 2.60. The summed E-state index contributed by atoms with van der Waals surface area (Å²) in [7, 11) is 1.18. The van der Waals surface area contributed by atoms with Gasteiger partial charge in [0.2, 0.25) is 0 Å². The van der Waals surface area contributed by atoms with Gasteiger partial charge in [0.25, 0.3) is 5.91 Å².